The van der Waals surface area contributed by atoms with Crippen LogP contribution < -0.4 is 0 Å². The molecule has 4 rings (SSSR count). The number of hydrogen-bond donors (Lipinski definition) is 0. The predicted octanol–water partition coefficient (Wildman–Crippen LogP) is 3.57. The van der Waals surface area contributed by atoms with E-state index in [1.54, 1.807) is 4.90 Å². The van der Waals surface area contributed by atoms with E-state index in [9.17, 15) is 18.0 Å². The number of likely N-dealkylation sites (tertiary alicyclic amines) is 1. The first-order valence-electron chi connectivity index (χ1n) is 9.70. The molecule has 6 nitrogen and oxygen atoms in total. The number of hydrogen-bond acceptors (Lipinski definition) is 4. The number of carbonyl (C=O) groups is 1. The van der Waals surface area contributed by atoms with Crippen LogP contribution in [-0.2, 0) is 23.9 Å². The maximum absolute atomic E-state index is 12.8. The topological polar surface area (TPSA) is 63.9 Å². The van der Waals surface area contributed by atoms with Crippen LogP contribution >= 0.6 is 0 Å². The molecule has 1 saturated heterocycles. The van der Waals surface area contributed by atoms with Crippen LogP contribution in [0.1, 0.15) is 29.5 Å². The summed E-state index contributed by atoms with van der Waals surface area (Å²) in [5, 5.41) is 12.4. The minimum Gasteiger partial charge on any atom is -0.341 e. The number of amides is 1. The molecule has 3 aromatic rings. The van der Waals surface area contributed by atoms with Crippen LogP contribution in [0.5, 0.6) is 0 Å². The Morgan fingerprint density at radius 2 is 1.70 bits per heavy atom. The van der Waals surface area contributed by atoms with Gasteiger partial charge in [0.15, 0.2) is 0 Å². The van der Waals surface area contributed by atoms with Gasteiger partial charge in [-0.25, -0.2) is 0 Å². The Morgan fingerprint density at radius 1 is 1.00 bits per heavy atom. The monoisotopic (exact) mass is 415 g/mol. The lowest BCUT2D eigenvalue weighted by Crippen LogP contribution is -2.31. The van der Waals surface area contributed by atoms with Crippen LogP contribution in [0.15, 0.2) is 48.5 Å². The Labute approximate surface area is 171 Å². The lowest BCUT2D eigenvalue weighted by Gasteiger charge is -2.13. The highest BCUT2D eigenvalue weighted by Gasteiger charge is 2.30. The molecule has 30 heavy (non-hydrogen) atoms. The fourth-order valence-corrected chi connectivity index (χ4v) is 3.53. The van der Waals surface area contributed by atoms with Crippen LogP contribution in [0.25, 0.3) is 11.4 Å². The van der Waals surface area contributed by atoms with Crippen molar-refractivity contribution in [3.63, 3.8) is 0 Å². The zero-order valence-electron chi connectivity index (χ0n) is 16.1. The summed E-state index contributed by atoms with van der Waals surface area (Å²) in [6.07, 6.45) is -1.90. The molecule has 1 aromatic heterocycles. The molecule has 1 amide bonds. The third-order valence-corrected chi connectivity index (χ3v) is 5.12. The highest BCUT2D eigenvalue weighted by molar-refractivity contribution is 5.76. The van der Waals surface area contributed by atoms with Gasteiger partial charge in [0.2, 0.25) is 11.7 Å². The summed E-state index contributed by atoms with van der Waals surface area (Å²) >= 11 is 0. The molecule has 0 radical (unpaired) electrons. The fourth-order valence-electron chi connectivity index (χ4n) is 3.53. The van der Waals surface area contributed by atoms with Gasteiger partial charge in [-0.2, -0.15) is 18.0 Å². The molecule has 156 valence electrons. The number of rotatable bonds is 5. The van der Waals surface area contributed by atoms with Crippen LogP contribution in [0.2, 0.25) is 0 Å². The number of halogens is 3. The van der Waals surface area contributed by atoms with Gasteiger partial charge >= 0.3 is 6.18 Å². The fraction of sp³-hybridized carbons (Fsp3) is 0.333. The third kappa shape index (κ3) is 4.50. The minimum absolute atomic E-state index is 0.0329. The number of benzene rings is 2. The van der Waals surface area contributed by atoms with Gasteiger partial charge in [0, 0.05) is 18.7 Å². The van der Waals surface area contributed by atoms with Gasteiger partial charge in [0.25, 0.3) is 0 Å². The quantitative estimate of drug-likeness (QED) is 0.639. The van der Waals surface area contributed by atoms with Gasteiger partial charge in [0.1, 0.15) is 6.54 Å². The highest BCUT2D eigenvalue weighted by Crippen LogP contribution is 2.30. The standard InChI is InChI=1S/C21H20F3N5O/c22-21(23,24)17-9-7-15(8-10-17)13-16-5-1-2-6-18(16)20-25-27-29(26-20)14-19(30)28-11-3-4-12-28/h1-2,5-10H,3-4,11-14H2. The second-order valence-electron chi connectivity index (χ2n) is 7.26. The van der Waals surface area contributed by atoms with Crippen LogP contribution in [0.3, 0.4) is 0 Å². The molecule has 2 heterocycles. The molecule has 0 N–H and O–H groups in total. The largest absolute Gasteiger partial charge is 0.416 e. The Balaban J connectivity index is 1.51. The lowest BCUT2D eigenvalue weighted by molar-refractivity contribution is -0.137. The summed E-state index contributed by atoms with van der Waals surface area (Å²) in [6.45, 7) is 1.56. The Hall–Kier alpha value is -3.23. The zero-order chi connectivity index (χ0) is 21.1. The van der Waals surface area contributed by atoms with Crippen molar-refractivity contribution in [2.45, 2.75) is 32.0 Å². The normalized spacial score (nSPS) is 14.3. The summed E-state index contributed by atoms with van der Waals surface area (Å²) in [5.74, 6) is 0.348. The first kappa shape index (κ1) is 20.1. The van der Waals surface area contributed by atoms with Crippen molar-refractivity contribution in [2.24, 2.45) is 0 Å². The van der Waals surface area contributed by atoms with E-state index in [0.717, 1.165) is 54.8 Å². The Bertz CT molecular complexity index is 1020. The molecule has 1 aliphatic rings. The van der Waals surface area contributed by atoms with Crippen molar-refractivity contribution in [3.8, 4) is 11.4 Å². The second kappa shape index (κ2) is 8.25. The first-order valence-corrected chi connectivity index (χ1v) is 9.70. The van der Waals surface area contributed by atoms with E-state index in [4.69, 9.17) is 0 Å². The summed E-state index contributed by atoms with van der Waals surface area (Å²) < 4.78 is 38.3. The van der Waals surface area contributed by atoms with E-state index in [2.05, 4.69) is 15.4 Å². The minimum atomic E-state index is -4.36. The molecular weight excluding hydrogens is 395 g/mol. The maximum Gasteiger partial charge on any atom is 0.416 e. The molecule has 0 atom stereocenters. The summed E-state index contributed by atoms with van der Waals surface area (Å²) in [4.78, 5) is 15.4. The smallest absolute Gasteiger partial charge is 0.341 e. The molecule has 9 heteroatoms. The maximum atomic E-state index is 12.8. The number of nitrogens with zero attached hydrogens (tertiary/aromatic N) is 5. The average Bonchev–Trinajstić information content (AvgIpc) is 3.40. The van der Waals surface area contributed by atoms with Crippen molar-refractivity contribution < 1.29 is 18.0 Å². The van der Waals surface area contributed by atoms with Gasteiger partial charge in [-0.1, -0.05) is 36.4 Å². The third-order valence-electron chi connectivity index (χ3n) is 5.12. The molecular formula is C21H20F3N5O. The summed E-state index contributed by atoms with van der Waals surface area (Å²) in [7, 11) is 0. The van der Waals surface area contributed by atoms with E-state index in [0.29, 0.717) is 12.2 Å². The van der Waals surface area contributed by atoms with Crippen molar-refractivity contribution in [1.82, 2.24) is 25.1 Å². The van der Waals surface area contributed by atoms with E-state index in [1.807, 2.05) is 24.3 Å². The van der Waals surface area contributed by atoms with Crippen LogP contribution in [-0.4, -0.2) is 44.1 Å². The SMILES string of the molecule is O=C(Cn1nnc(-c2ccccc2Cc2ccc(C(F)(F)F)cc2)n1)N1CCCC1. The lowest BCUT2D eigenvalue weighted by atomic mass is 9.98. The van der Waals surface area contributed by atoms with Crippen molar-refractivity contribution in [2.75, 3.05) is 13.1 Å². The highest BCUT2D eigenvalue weighted by atomic mass is 19.4. The molecule has 0 spiro atoms. The van der Waals surface area contributed by atoms with Crippen LogP contribution in [0, 0.1) is 0 Å². The first-order chi connectivity index (χ1) is 14.4. The van der Waals surface area contributed by atoms with E-state index < -0.39 is 11.7 Å². The second-order valence-corrected chi connectivity index (χ2v) is 7.26. The van der Waals surface area contributed by atoms with Crippen molar-refractivity contribution in [3.05, 3.63) is 65.2 Å². The van der Waals surface area contributed by atoms with Gasteiger partial charge in [-0.3, -0.25) is 4.79 Å². The Morgan fingerprint density at radius 3 is 2.40 bits per heavy atom. The van der Waals surface area contributed by atoms with Crippen molar-refractivity contribution >= 4 is 5.91 Å². The molecule has 1 fully saturated rings. The number of tetrazole rings is 1. The molecule has 2 aromatic carbocycles. The molecule has 0 saturated carbocycles. The number of carbonyl (C=O) groups excluding carboxylic acids is 1. The Kier molecular flexibility index (Phi) is 5.52. The zero-order valence-corrected chi connectivity index (χ0v) is 16.1. The van der Waals surface area contributed by atoms with Gasteiger partial charge in [-0.05, 0) is 47.7 Å². The molecule has 1 aliphatic heterocycles. The average molecular weight is 415 g/mol. The molecule has 0 unspecified atom stereocenters. The predicted molar refractivity (Wildman–Crippen MR) is 103 cm³/mol. The van der Waals surface area contributed by atoms with Gasteiger partial charge < -0.3 is 4.90 Å². The summed E-state index contributed by atoms with van der Waals surface area (Å²) in [5.41, 5.74) is 1.67. The van der Waals surface area contributed by atoms with E-state index >= 15 is 0 Å². The van der Waals surface area contributed by atoms with E-state index in [-0.39, 0.29) is 12.5 Å². The number of alkyl halides is 3. The molecule has 0 bridgehead atoms. The van der Waals surface area contributed by atoms with Gasteiger partial charge in [-0.15, -0.1) is 10.2 Å². The van der Waals surface area contributed by atoms with Crippen LogP contribution in [0.4, 0.5) is 13.2 Å². The van der Waals surface area contributed by atoms with E-state index in [1.165, 1.54) is 16.9 Å². The summed E-state index contributed by atoms with van der Waals surface area (Å²) in [6, 6.07) is 12.5. The van der Waals surface area contributed by atoms with Gasteiger partial charge in [0.05, 0.1) is 5.56 Å². The number of aromatic nitrogens is 4. The van der Waals surface area contributed by atoms with Crippen molar-refractivity contribution in [1.29, 1.82) is 0 Å². The molecule has 0 aliphatic carbocycles.